The number of hydrogen-bond acceptors (Lipinski definition) is 8. The van der Waals surface area contributed by atoms with Gasteiger partial charge in [0, 0.05) is 24.5 Å². The van der Waals surface area contributed by atoms with Gasteiger partial charge in [0.1, 0.15) is 5.75 Å². The third kappa shape index (κ3) is 9.84. The summed E-state index contributed by atoms with van der Waals surface area (Å²) in [6, 6.07) is 6.99. The minimum absolute atomic E-state index is 0.0743. The number of imide groups is 1. The second-order valence-corrected chi connectivity index (χ2v) is 9.03. The minimum Gasteiger partial charge on any atom is -0.497 e. The number of nitrogens with zero attached hydrogens (tertiary/aromatic N) is 2. The summed E-state index contributed by atoms with van der Waals surface area (Å²) in [4.78, 5) is 26.9. The van der Waals surface area contributed by atoms with Gasteiger partial charge >= 0.3 is 15.7 Å². The summed E-state index contributed by atoms with van der Waals surface area (Å²) in [5.41, 5.74) is 0.772. The van der Waals surface area contributed by atoms with Crippen LogP contribution in [0.1, 0.15) is 57.4 Å². The second kappa shape index (κ2) is 13.5. The van der Waals surface area contributed by atoms with Gasteiger partial charge < -0.3 is 4.74 Å². The molecular formula is C21H31N3O5S2. The van der Waals surface area contributed by atoms with Crippen LogP contribution in [0.15, 0.2) is 28.6 Å². The van der Waals surface area contributed by atoms with E-state index in [1.54, 1.807) is 31.4 Å². The number of nitrogens with one attached hydrogen (secondary N) is 1. The topological polar surface area (TPSA) is 105 Å². The van der Waals surface area contributed by atoms with Crippen LogP contribution in [-0.2, 0) is 21.7 Å². The molecule has 0 heterocycles. The highest BCUT2D eigenvalue weighted by molar-refractivity contribution is 8.11. The van der Waals surface area contributed by atoms with E-state index in [-0.39, 0.29) is 24.1 Å². The summed E-state index contributed by atoms with van der Waals surface area (Å²) < 4.78 is 34.1. The number of carbonyl (C=O) groups excluding carboxylic acids is 2. The van der Waals surface area contributed by atoms with Crippen molar-refractivity contribution in [2.45, 2.75) is 70.4 Å². The molecule has 8 nitrogen and oxygen atoms in total. The van der Waals surface area contributed by atoms with Gasteiger partial charge in [0.15, 0.2) is 0 Å². The summed E-state index contributed by atoms with van der Waals surface area (Å²) >= 11 is 0.931. The molecule has 0 aromatic heterocycles. The highest BCUT2D eigenvalue weighted by atomic mass is 32.2. The van der Waals surface area contributed by atoms with Crippen LogP contribution < -0.4 is 9.46 Å². The Morgan fingerprint density at radius 1 is 1.23 bits per heavy atom. The van der Waals surface area contributed by atoms with E-state index in [0.29, 0.717) is 24.6 Å². The Morgan fingerprint density at radius 2 is 1.94 bits per heavy atom. The average Bonchev–Trinajstić information content (AvgIpc) is 3.57. The van der Waals surface area contributed by atoms with Gasteiger partial charge in [-0.25, -0.2) is 0 Å². The van der Waals surface area contributed by atoms with Crippen molar-refractivity contribution in [1.29, 1.82) is 0 Å². The first-order valence-electron chi connectivity index (χ1n) is 10.6. The van der Waals surface area contributed by atoms with Gasteiger partial charge in [0.25, 0.3) is 0 Å². The van der Waals surface area contributed by atoms with E-state index >= 15 is 0 Å². The first-order valence-corrected chi connectivity index (χ1v) is 12.5. The predicted octanol–water partition coefficient (Wildman–Crippen LogP) is 3.99. The Hall–Kier alpha value is -1.91. The third-order valence-corrected chi connectivity index (χ3v) is 6.30. The molecule has 1 aliphatic rings. The fourth-order valence-electron chi connectivity index (χ4n) is 3.00. The maximum Gasteiger partial charge on any atom is 0.311 e. The van der Waals surface area contributed by atoms with Gasteiger partial charge in [0.05, 0.1) is 19.6 Å². The maximum absolute atomic E-state index is 12.9. The van der Waals surface area contributed by atoms with Crippen LogP contribution in [0, 0.1) is 0 Å². The molecule has 1 aliphatic carbocycles. The van der Waals surface area contributed by atoms with Gasteiger partial charge in [0.2, 0.25) is 5.91 Å². The number of benzene rings is 1. The zero-order valence-corrected chi connectivity index (χ0v) is 19.7. The van der Waals surface area contributed by atoms with Gasteiger partial charge in [-0.1, -0.05) is 38.3 Å². The molecule has 10 heteroatoms. The number of carbonyl (C=O) groups is 2. The lowest BCUT2D eigenvalue weighted by Gasteiger charge is -2.22. The lowest BCUT2D eigenvalue weighted by molar-refractivity contribution is -0.127. The van der Waals surface area contributed by atoms with Crippen LogP contribution in [0.5, 0.6) is 5.75 Å². The molecule has 0 aliphatic heterocycles. The lowest BCUT2D eigenvalue weighted by Crippen LogP contribution is -2.38. The average molecular weight is 470 g/mol. The maximum atomic E-state index is 12.9. The van der Waals surface area contributed by atoms with Crippen molar-refractivity contribution < 1.29 is 22.7 Å². The highest BCUT2D eigenvalue weighted by Crippen LogP contribution is 2.23. The molecule has 2 amide bonds. The molecule has 0 saturated heterocycles. The van der Waals surface area contributed by atoms with Crippen molar-refractivity contribution in [2.24, 2.45) is 4.36 Å². The van der Waals surface area contributed by atoms with Crippen LogP contribution >= 0.6 is 11.9 Å². The molecule has 31 heavy (non-hydrogen) atoms. The first kappa shape index (κ1) is 25.4. The Morgan fingerprint density at radius 3 is 2.52 bits per heavy atom. The van der Waals surface area contributed by atoms with E-state index in [1.165, 1.54) is 4.90 Å². The summed E-state index contributed by atoms with van der Waals surface area (Å²) in [6.07, 6.45) is 5.91. The highest BCUT2D eigenvalue weighted by Gasteiger charge is 2.27. The number of hydrogen-bond donors (Lipinski definition) is 1. The van der Waals surface area contributed by atoms with E-state index < -0.39 is 16.5 Å². The summed E-state index contributed by atoms with van der Waals surface area (Å²) in [6.45, 7) is 2.20. The minimum atomic E-state index is -2.52. The molecule has 1 N–H and O–H groups in total. The largest absolute Gasteiger partial charge is 0.497 e. The Labute approximate surface area is 189 Å². The van der Waals surface area contributed by atoms with Crippen LogP contribution in [0.25, 0.3) is 0 Å². The third-order valence-electron chi connectivity index (χ3n) is 4.99. The molecule has 1 atom stereocenters. The Kier molecular flexibility index (Phi) is 11.0. The van der Waals surface area contributed by atoms with Gasteiger partial charge in [-0.05, 0) is 43.4 Å². The SMILES string of the molecule is CCCCCC(CCN(C(=O)Cc1ccc(OC)cc1)C(=O)SNC1CC1)N=S(=O)=O. The van der Waals surface area contributed by atoms with Crippen molar-refractivity contribution in [3.8, 4) is 5.75 Å². The second-order valence-electron chi connectivity index (χ2n) is 7.59. The molecule has 0 radical (unpaired) electrons. The van der Waals surface area contributed by atoms with Crippen LogP contribution in [0.2, 0.25) is 0 Å². The van der Waals surface area contributed by atoms with Crippen molar-refractivity contribution in [2.75, 3.05) is 13.7 Å². The van der Waals surface area contributed by atoms with Crippen LogP contribution in [0.3, 0.4) is 0 Å². The molecule has 0 bridgehead atoms. The monoisotopic (exact) mass is 469 g/mol. The Bertz CT molecular complexity index is 846. The zero-order chi connectivity index (χ0) is 22.6. The number of rotatable bonds is 13. The first-order chi connectivity index (χ1) is 14.9. The molecule has 1 fully saturated rings. The van der Waals surface area contributed by atoms with Crippen molar-refractivity contribution >= 4 is 33.6 Å². The van der Waals surface area contributed by atoms with E-state index in [0.717, 1.165) is 49.6 Å². The fraction of sp³-hybridized carbons (Fsp3) is 0.619. The number of methoxy groups -OCH3 is 1. The molecule has 2 rings (SSSR count). The number of unbranched alkanes of at least 4 members (excludes halogenated alkanes) is 2. The zero-order valence-electron chi connectivity index (χ0n) is 18.1. The number of amides is 2. The predicted molar refractivity (Wildman–Crippen MR) is 121 cm³/mol. The molecule has 1 aromatic carbocycles. The van der Waals surface area contributed by atoms with Crippen molar-refractivity contribution in [3.05, 3.63) is 29.8 Å². The van der Waals surface area contributed by atoms with Gasteiger partial charge in [-0.15, -0.1) is 0 Å². The quantitative estimate of drug-likeness (QED) is 0.344. The summed E-state index contributed by atoms with van der Waals surface area (Å²) in [5.74, 6) is 0.367. The fourth-order valence-corrected chi connectivity index (χ4v) is 4.26. The molecule has 1 saturated carbocycles. The molecule has 0 spiro atoms. The standard InChI is InChI=1S/C21H31N3O5S2/c1-3-4-5-6-18(23-31(27)28)13-14-24(21(26)30-22-17-9-10-17)20(25)15-16-7-11-19(29-2)12-8-16/h7-8,11-12,17-18,22H,3-6,9-10,13-15H2,1-2H3. The van der Waals surface area contributed by atoms with E-state index in [4.69, 9.17) is 4.74 Å². The molecule has 172 valence electrons. The van der Waals surface area contributed by atoms with Gasteiger partial charge in [-0.3, -0.25) is 19.2 Å². The smallest absolute Gasteiger partial charge is 0.311 e. The van der Waals surface area contributed by atoms with Crippen molar-refractivity contribution in [1.82, 2.24) is 9.62 Å². The lowest BCUT2D eigenvalue weighted by atomic mass is 10.1. The van der Waals surface area contributed by atoms with E-state index in [2.05, 4.69) is 16.0 Å². The van der Waals surface area contributed by atoms with Gasteiger partial charge in [-0.2, -0.15) is 12.8 Å². The van der Waals surface area contributed by atoms with E-state index in [9.17, 15) is 18.0 Å². The van der Waals surface area contributed by atoms with Crippen LogP contribution in [-0.4, -0.2) is 50.2 Å². The summed E-state index contributed by atoms with van der Waals surface area (Å²) in [7, 11) is -0.945. The van der Waals surface area contributed by atoms with Crippen molar-refractivity contribution in [3.63, 3.8) is 0 Å². The molecule has 1 aromatic rings. The van der Waals surface area contributed by atoms with E-state index in [1.807, 2.05) is 0 Å². The summed E-state index contributed by atoms with van der Waals surface area (Å²) in [5, 5.41) is -0.374. The number of ether oxygens (including phenoxy) is 1. The molecule has 1 unspecified atom stereocenters. The Balaban J connectivity index is 2.04. The normalized spacial score (nSPS) is 14.0. The molecular weight excluding hydrogens is 438 g/mol. The van der Waals surface area contributed by atoms with Crippen LogP contribution in [0.4, 0.5) is 4.79 Å².